The van der Waals surface area contributed by atoms with Crippen molar-refractivity contribution in [3.05, 3.63) is 12.7 Å². The van der Waals surface area contributed by atoms with E-state index in [0.717, 1.165) is 0 Å². The predicted octanol–water partition coefficient (Wildman–Crippen LogP) is 0.908. The zero-order valence-corrected chi connectivity index (χ0v) is 8.45. The second-order valence-electron chi connectivity index (χ2n) is 1.91. The van der Waals surface area contributed by atoms with Gasteiger partial charge >= 0.3 is 5.97 Å². The quantitative estimate of drug-likeness (QED) is 0.310. The van der Waals surface area contributed by atoms with Crippen LogP contribution in [-0.4, -0.2) is 22.9 Å². The molecule has 0 unspecified atom stereocenters. The normalized spacial score (nSPS) is 11.5. The summed E-state index contributed by atoms with van der Waals surface area (Å²) >= 11 is 8.46. The molecule has 0 aromatic carbocycles. The highest BCUT2D eigenvalue weighted by molar-refractivity contribution is 8.11. The summed E-state index contributed by atoms with van der Waals surface area (Å²) in [6.07, 6.45) is 1.42. The summed E-state index contributed by atoms with van der Waals surface area (Å²) in [6, 6.07) is -0.602. The van der Waals surface area contributed by atoms with Crippen molar-refractivity contribution in [3.63, 3.8) is 0 Å². The Balaban J connectivity index is 4.05. The van der Waals surface area contributed by atoms with Crippen LogP contribution in [0, 0.1) is 0 Å². The van der Waals surface area contributed by atoms with Crippen molar-refractivity contribution in [2.75, 3.05) is 6.61 Å². The fourth-order valence-electron chi connectivity index (χ4n) is 0.579. The van der Waals surface area contributed by atoms with Crippen LogP contribution in [0.2, 0.25) is 0 Å². The molecule has 0 aromatic heterocycles. The molecule has 0 saturated carbocycles. The van der Waals surface area contributed by atoms with Gasteiger partial charge in [-0.15, -0.1) is 19.2 Å². The number of hydrogen-bond acceptors (Lipinski definition) is 3. The summed E-state index contributed by atoms with van der Waals surface area (Å²) in [6.45, 7) is 5.53. The predicted molar refractivity (Wildman–Crippen MR) is 55.3 cm³/mol. The minimum atomic E-state index is -0.602. The van der Waals surface area contributed by atoms with Crippen LogP contribution in [-0.2, 0) is 9.53 Å². The van der Waals surface area contributed by atoms with Crippen molar-refractivity contribution in [2.45, 2.75) is 13.0 Å². The monoisotopic (exact) mass is 205 g/mol. The van der Waals surface area contributed by atoms with Gasteiger partial charge in [-0.05, 0) is 6.92 Å². The Bertz CT molecular complexity index is 194. The summed E-state index contributed by atoms with van der Waals surface area (Å²) < 4.78 is 4.97. The van der Waals surface area contributed by atoms with Gasteiger partial charge in [0.05, 0.1) is 6.61 Å². The van der Waals surface area contributed by atoms with Crippen LogP contribution in [0.5, 0.6) is 0 Å². The number of hydrogen-bond donors (Lipinski definition) is 2. The lowest BCUT2D eigenvalue weighted by molar-refractivity contribution is -0.143. The van der Waals surface area contributed by atoms with E-state index in [2.05, 4.69) is 36.7 Å². The number of nitrogens with one attached hydrogen (secondary N) is 1. The minimum Gasteiger partial charge on any atom is -0.464 e. The summed E-state index contributed by atoms with van der Waals surface area (Å²) in [5.41, 5.74) is 0. The number of carbonyl (C=O) groups excluding carboxylic acids is 1. The van der Waals surface area contributed by atoms with E-state index < -0.39 is 12.0 Å². The Morgan fingerprint density at radius 2 is 2.50 bits per heavy atom. The standard InChI is InChI=1S/C7H11NO2S2/c1-3-5(8-7(11)12)6(9)10-4-2/h3,5H,1,4H2,2H3,(H2,8,11,12)/t5-/m0/s1. The molecule has 68 valence electrons. The summed E-state index contributed by atoms with van der Waals surface area (Å²) in [5, 5.41) is 2.62. The number of carbonyl (C=O) groups is 1. The van der Waals surface area contributed by atoms with Crippen molar-refractivity contribution in [1.82, 2.24) is 5.32 Å². The van der Waals surface area contributed by atoms with Crippen LogP contribution < -0.4 is 5.32 Å². The Morgan fingerprint density at radius 3 is 2.83 bits per heavy atom. The fraction of sp³-hybridized carbons (Fsp3) is 0.429. The topological polar surface area (TPSA) is 38.3 Å². The van der Waals surface area contributed by atoms with Gasteiger partial charge in [0.25, 0.3) is 0 Å². The first-order chi connectivity index (χ1) is 5.61. The van der Waals surface area contributed by atoms with Crippen molar-refractivity contribution < 1.29 is 9.53 Å². The molecular weight excluding hydrogens is 194 g/mol. The molecule has 0 saturated heterocycles. The second kappa shape index (κ2) is 6.02. The van der Waals surface area contributed by atoms with Gasteiger partial charge in [-0.1, -0.05) is 18.3 Å². The van der Waals surface area contributed by atoms with Gasteiger partial charge < -0.3 is 10.1 Å². The average Bonchev–Trinajstić information content (AvgIpc) is 2.00. The van der Waals surface area contributed by atoms with Gasteiger partial charge in [0.2, 0.25) is 0 Å². The molecule has 0 spiro atoms. The van der Waals surface area contributed by atoms with Crippen LogP contribution in [0.1, 0.15) is 6.92 Å². The Hall–Kier alpha value is -0.550. The van der Waals surface area contributed by atoms with Crippen LogP contribution in [0.15, 0.2) is 12.7 Å². The highest BCUT2D eigenvalue weighted by Crippen LogP contribution is 1.92. The minimum absolute atomic E-state index is 0.243. The van der Waals surface area contributed by atoms with E-state index in [1.54, 1.807) is 6.92 Å². The molecule has 3 nitrogen and oxygen atoms in total. The van der Waals surface area contributed by atoms with Crippen molar-refractivity contribution >= 4 is 35.1 Å². The maximum atomic E-state index is 11.1. The molecule has 0 aliphatic rings. The molecule has 0 rings (SSSR count). The van der Waals surface area contributed by atoms with Gasteiger partial charge in [-0.25, -0.2) is 4.79 Å². The van der Waals surface area contributed by atoms with E-state index in [9.17, 15) is 4.79 Å². The molecule has 5 heteroatoms. The second-order valence-corrected chi connectivity index (χ2v) is 3.07. The lowest BCUT2D eigenvalue weighted by atomic mass is 10.3. The zero-order chi connectivity index (χ0) is 9.56. The Kier molecular flexibility index (Phi) is 5.74. The van der Waals surface area contributed by atoms with Gasteiger partial charge in [0.15, 0.2) is 0 Å². The molecule has 0 aliphatic heterocycles. The molecule has 0 aliphatic carbocycles. The maximum Gasteiger partial charge on any atom is 0.332 e. The third-order valence-corrected chi connectivity index (χ3v) is 1.30. The van der Waals surface area contributed by atoms with Crippen LogP contribution >= 0.6 is 24.8 Å². The Labute approximate surface area is 82.6 Å². The lowest BCUT2D eigenvalue weighted by Crippen LogP contribution is -2.37. The first kappa shape index (κ1) is 11.4. The fourth-order valence-corrected chi connectivity index (χ4v) is 0.845. The van der Waals surface area contributed by atoms with E-state index in [-0.39, 0.29) is 4.32 Å². The van der Waals surface area contributed by atoms with Crippen LogP contribution in [0.3, 0.4) is 0 Å². The Morgan fingerprint density at radius 1 is 1.92 bits per heavy atom. The van der Waals surface area contributed by atoms with Gasteiger partial charge in [0, 0.05) is 0 Å². The average molecular weight is 205 g/mol. The SMILES string of the molecule is C=C[C@H](NC(=S)S)C(=O)OCC. The molecule has 1 atom stereocenters. The smallest absolute Gasteiger partial charge is 0.332 e. The third-order valence-electron chi connectivity index (χ3n) is 1.06. The molecule has 1 N–H and O–H groups in total. The molecule has 0 amide bonds. The highest BCUT2D eigenvalue weighted by atomic mass is 32.1. The lowest BCUT2D eigenvalue weighted by Gasteiger charge is -2.12. The van der Waals surface area contributed by atoms with E-state index >= 15 is 0 Å². The van der Waals surface area contributed by atoms with E-state index in [4.69, 9.17) is 4.74 Å². The van der Waals surface area contributed by atoms with Crippen LogP contribution in [0.4, 0.5) is 0 Å². The van der Waals surface area contributed by atoms with E-state index in [0.29, 0.717) is 6.61 Å². The molecule has 0 heterocycles. The zero-order valence-electron chi connectivity index (χ0n) is 6.74. The third kappa shape index (κ3) is 4.35. The number of rotatable bonds is 4. The largest absolute Gasteiger partial charge is 0.464 e. The molecule has 12 heavy (non-hydrogen) atoms. The summed E-state index contributed by atoms with van der Waals surface area (Å²) in [7, 11) is 0. The molecule has 0 radical (unpaired) electrons. The van der Waals surface area contributed by atoms with Crippen LogP contribution in [0.25, 0.3) is 0 Å². The summed E-state index contributed by atoms with van der Waals surface area (Å²) in [4.78, 5) is 11.1. The number of thiol groups is 1. The maximum absolute atomic E-state index is 11.1. The first-order valence-corrected chi connectivity index (χ1v) is 4.26. The van der Waals surface area contributed by atoms with Crippen molar-refractivity contribution in [1.29, 1.82) is 0 Å². The number of ether oxygens (including phenoxy) is 1. The molecule has 0 fully saturated rings. The first-order valence-electron chi connectivity index (χ1n) is 3.40. The van der Waals surface area contributed by atoms with E-state index in [1.165, 1.54) is 6.08 Å². The molecule has 0 aromatic rings. The highest BCUT2D eigenvalue weighted by Gasteiger charge is 2.14. The van der Waals surface area contributed by atoms with Crippen molar-refractivity contribution in [3.8, 4) is 0 Å². The molecule has 0 bridgehead atoms. The van der Waals surface area contributed by atoms with Crippen molar-refractivity contribution in [2.24, 2.45) is 0 Å². The number of esters is 1. The van der Waals surface area contributed by atoms with Gasteiger partial charge in [-0.2, -0.15) is 0 Å². The van der Waals surface area contributed by atoms with Gasteiger partial charge in [0.1, 0.15) is 10.4 Å². The summed E-state index contributed by atoms with van der Waals surface area (Å²) in [5.74, 6) is -0.399. The number of thiocarbonyl (C=S) groups is 1. The van der Waals surface area contributed by atoms with Gasteiger partial charge in [-0.3, -0.25) is 0 Å². The molecular formula is C7H11NO2S2. The van der Waals surface area contributed by atoms with E-state index in [1.807, 2.05) is 0 Å².